The van der Waals surface area contributed by atoms with E-state index in [1.165, 1.54) is 61.9 Å². The number of methoxy groups -OCH3 is 1. The Morgan fingerprint density at radius 1 is 0.930 bits per heavy atom. The molecular formula is C29H29ClN4O7S2. The largest absolute Gasteiger partial charge is 0.497 e. The van der Waals surface area contributed by atoms with E-state index in [2.05, 4.69) is 15.2 Å². The number of ether oxygens (including phenoxy) is 1. The molecule has 0 aliphatic rings. The molecule has 0 bridgehead atoms. The number of hydrazone groups is 1. The van der Waals surface area contributed by atoms with E-state index in [1.54, 1.807) is 12.1 Å². The van der Waals surface area contributed by atoms with Crippen LogP contribution in [-0.2, 0) is 37.8 Å². The number of nitrogens with zero attached hydrogens (tertiary/aromatic N) is 2. The minimum absolute atomic E-state index is 0.0208. The number of hydrogen-bond acceptors (Lipinski definition) is 8. The molecule has 2 N–H and O–H groups in total. The van der Waals surface area contributed by atoms with E-state index in [4.69, 9.17) is 20.8 Å². The summed E-state index contributed by atoms with van der Waals surface area (Å²) in [7, 11) is -6.32. The Hall–Kier alpha value is -4.01. The fourth-order valence-corrected chi connectivity index (χ4v) is 6.38. The molecule has 3 aromatic carbocycles. The standard InChI is InChI=1S/C29H29ClN4O7S2/c1-40-24-11-15-28(16-12-24)43(38,39)34(18-17-22-5-3-2-4-6-22)21-29(35)33-31-19-25-9-10-26(41-25)20-32-42(36,37)27-13-7-23(30)8-14-27/h2-16,19,32H,17-18,20-21H2,1H3,(H,33,35)/b31-19-. The normalized spacial score (nSPS) is 12.1. The molecule has 0 aliphatic heterocycles. The molecular weight excluding hydrogens is 616 g/mol. The molecule has 14 heteroatoms. The highest BCUT2D eigenvalue weighted by Crippen LogP contribution is 2.20. The molecule has 4 rings (SSSR count). The van der Waals surface area contributed by atoms with E-state index in [0.29, 0.717) is 23.0 Å². The summed E-state index contributed by atoms with van der Waals surface area (Å²) in [5.41, 5.74) is 3.23. The van der Waals surface area contributed by atoms with Gasteiger partial charge in [0.15, 0.2) is 0 Å². The predicted molar refractivity (Wildman–Crippen MR) is 162 cm³/mol. The van der Waals surface area contributed by atoms with Crippen molar-refractivity contribution in [1.29, 1.82) is 0 Å². The summed E-state index contributed by atoms with van der Waals surface area (Å²) in [4.78, 5) is 12.8. The van der Waals surface area contributed by atoms with Crippen LogP contribution in [0.5, 0.6) is 5.75 Å². The van der Waals surface area contributed by atoms with E-state index in [1.807, 2.05) is 30.3 Å². The van der Waals surface area contributed by atoms with Crippen LogP contribution in [0.15, 0.2) is 110 Å². The monoisotopic (exact) mass is 644 g/mol. The summed E-state index contributed by atoms with van der Waals surface area (Å²) < 4.78 is 65.9. The summed E-state index contributed by atoms with van der Waals surface area (Å²) in [6.45, 7) is -0.540. The molecule has 0 saturated carbocycles. The van der Waals surface area contributed by atoms with E-state index in [9.17, 15) is 21.6 Å². The van der Waals surface area contributed by atoms with Crippen molar-refractivity contribution in [3.63, 3.8) is 0 Å². The second-order valence-corrected chi connectivity index (χ2v) is 13.3. The molecule has 0 radical (unpaired) electrons. The fourth-order valence-electron chi connectivity index (χ4n) is 3.86. The molecule has 0 aliphatic carbocycles. The molecule has 0 spiro atoms. The molecule has 226 valence electrons. The number of amides is 1. The molecule has 0 fully saturated rings. The molecule has 1 heterocycles. The molecule has 0 unspecified atom stereocenters. The third kappa shape index (κ3) is 8.99. The lowest BCUT2D eigenvalue weighted by atomic mass is 10.1. The van der Waals surface area contributed by atoms with Gasteiger partial charge < -0.3 is 9.15 Å². The first-order chi connectivity index (χ1) is 20.6. The number of nitrogens with one attached hydrogen (secondary N) is 2. The Kier molecular flexibility index (Phi) is 10.7. The smallest absolute Gasteiger partial charge is 0.255 e. The lowest BCUT2D eigenvalue weighted by molar-refractivity contribution is -0.121. The number of carbonyl (C=O) groups excluding carboxylic acids is 1. The molecule has 1 aromatic heterocycles. The number of halogens is 1. The maximum atomic E-state index is 13.4. The van der Waals surface area contributed by atoms with Gasteiger partial charge in [-0.25, -0.2) is 27.0 Å². The summed E-state index contributed by atoms with van der Waals surface area (Å²) in [5, 5.41) is 4.28. The summed E-state index contributed by atoms with van der Waals surface area (Å²) in [6.07, 6.45) is 1.62. The topological polar surface area (TPSA) is 147 Å². The Morgan fingerprint density at radius 2 is 1.60 bits per heavy atom. The lowest BCUT2D eigenvalue weighted by Crippen LogP contribution is -2.40. The Bertz CT molecular complexity index is 1760. The van der Waals surface area contributed by atoms with Gasteiger partial charge in [0.1, 0.15) is 17.3 Å². The van der Waals surface area contributed by atoms with Crippen molar-refractivity contribution in [3.8, 4) is 5.75 Å². The van der Waals surface area contributed by atoms with Crippen molar-refractivity contribution in [2.24, 2.45) is 5.10 Å². The number of sulfonamides is 2. The molecule has 0 saturated heterocycles. The van der Waals surface area contributed by atoms with Gasteiger partial charge in [0.05, 0.1) is 36.2 Å². The van der Waals surface area contributed by atoms with Crippen LogP contribution in [0.1, 0.15) is 17.1 Å². The summed E-state index contributed by atoms with van der Waals surface area (Å²) >= 11 is 5.81. The van der Waals surface area contributed by atoms with Crippen LogP contribution < -0.4 is 14.9 Å². The summed E-state index contributed by atoms with van der Waals surface area (Å²) in [6, 6.07) is 24.1. The summed E-state index contributed by atoms with van der Waals surface area (Å²) in [5.74, 6) is 0.390. The van der Waals surface area contributed by atoms with E-state index in [0.717, 1.165) is 9.87 Å². The highest BCUT2D eigenvalue weighted by molar-refractivity contribution is 7.89. The van der Waals surface area contributed by atoms with Gasteiger partial charge >= 0.3 is 0 Å². The Morgan fingerprint density at radius 3 is 2.28 bits per heavy atom. The third-order valence-electron chi connectivity index (χ3n) is 6.13. The van der Waals surface area contributed by atoms with Gasteiger partial charge in [-0.3, -0.25) is 4.79 Å². The van der Waals surface area contributed by atoms with Crippen molar-refractivity contribution in [2.45, 2.75) is 22.8 Å². The van der Waals surface area contributed by atoms with Crippen LogP contribution >= 0.6 is 11.6 Å². The van der Waals surface area contributed by atoms with Crippen molar-refractivity contribution in [2.75, 3.05) is 20.2 Å². The van der Waals surface area contributed by atoms with Crippen molar-refractivity contribution in [1.82, 2.24) is 14.5 Å². The van der Waals surface area contributed by atoms with Gasteiger partial charge in [-0.2, -0.15) is 9.41 Å². The Balaban J connectivity index is 1.37. The maximum absolute atomic E-state index is 13.4. The zero-order valence-corrected chi connectivity index (χ0v) is 25.4. The zero-order chi connectivity index (χ0) is 30.9. The first-order valence-electron chi connectivity index (χ1n) is 12.9. The van der Waals surface area contributed by atoms with Gasteiger partial charge in [-0.05, 0) is 72.6 Å². The lowest BCUT2D eigenvalue weighted by Gasteiger charge is -2.21. The van der Waals surface area contributed by atoms with Crippen molar-refractivity contribution >= 4 is 43.8 Å². The van der Waals surface area contributed by atoms with Crippen LogP contribution in [0.2, 0.25) is 5.02 Å². The number of hydrogen-bond donors (Lipinski definition) is 2. The highest BCUT2D eigenvalue weighted by Gasteiger charge is 2.26. The number of benzene rings is 3. The highest BCUT2D eigenvalue weighted by atomic mass is 35.5. The first-order valence-corrected chi connectivity index (χ1v) is 16.2. The average molecular weight is 645 g/mol. The van der Waals surface area contributed by atoms with Crippen LogP contribution in [-0.4, -0.2) is 53.5 Å². The number of carbonyl (C=O) groups is 1. The van der Waals surface area contributed by atoms with Crippen LogP contribution in [0.25, 0.3) is 0 Å². The first kappa shape index (κ1) is 31.9. The molecule has 11 nitrogen and oxygen atoms in total. The molecule has 4 aromatic rings. The second kappa shape index (κ2) is 14.4. The second-order valence-electron chi connectivity index (χ2n) is 9.13. The zero-order valence-electron chi connectivity index (χ0n) is 23.0. The van der Waals surface area contributed by atoms with E-state index in [-0.39, 0.29) is 28.6 Å². The van der Waals surface area contributed by atoms with Crippen molar-refractivity contribution in [3.05, 3.63) is 113 Å². The van der Waals surface area contributed by atoms with Gasteiger partial charge in [0.2, 0.25) is 20.0 Å². The Labute approximate surface area is 255 Å². The molecule has 0 atom stereocenters. The quantitative estimate of drug-likeness (QED) is 0.157. The predicted octanol–water partition coefficient (Wildman–Crippen LogP) is 3.80. The van der Waals surface area contributed by atoms with Gasteiger partial charge in [-0.1, -0.05) is 41.9 Å². The van der Waals surface area contributed by atoms with E-state index < -0.39 is 32.5 Å². The maximum Gasteiger partial charge on any atom is 0.255 e. The number of furan rings is 1. The van der Waals surface area contributed by atoms with Crippen LogP contribution in [0.3, 0.4) is 0 Å². The third-order valence-corrected chi connectivity index (χ3v) is 9.66. The van der Waals surface area contributed by atoms with Crippen LogP contribution in [0.4, 0.5) is 0 Å². The van der Waals surface area contributed by atoms with Crippen LogP contribution in [0, 0.1) is 0 Å². The molecule has 43 heavy (non-hydrogen) atoms. The fraction of sp³-hybridized carbons (Fsp3) is 0.172. The van der Waals surface area contributed by atoms with Gasteiger partial charge in [0, 0.05) is 11.6 Å². The average Bonchev–Trinajstić information content (AvgIpc) is 3.46. The van der Waals surface area contributed by atoms with Gasteiger partial charge in [0.25, 0.3) is 5.91 Å². The number of rotatable bonds is 14. The SMILES string of the molecule is COc1ccc(S(=O)(=O)N(CCc2ccccc2)CC(=O)N/N=C\c2ccc(CNS(=O)(=O)c3ccc(Cl)cc3)o2)cc1. The van der Waals surface area contributed by atoms with Crippen molar-refractivity contribution < 1.29 is 30.8 Å². The minimum Gasteiger partial charge on any atom is -0.497 e. The van der Waals surface area contributed by atoms with E-state index >= 15 is 0 Å². The molecule has 1 amide bonds. The van der Waals surface area contributed by atoms with Gasteiger partial charge in [-0.15, -0.1) is 0 Å². The minimum atomic E-state index is -4.02.